The van der Waals surface area contributed by atoms with Crippen molar-refractivity contribution in [2.75, 3.05) is 18.8 Å². The Bertz CT molecular complexity index is 271. The zero-order valence-electron chi connectivity index (χ0n) is 7.54. The summed E-state index contributed by atoms with van der Waals surface area (Å²) in [5.74, 6) is -0.265. The zero-order chi connectivity index (χ0) is 10.3. The maximum Gasteiger partial charge on any atom is 0.243 e. The Hall–Kier alpha value is -0.880. The van der Waals surface area contributed by atoms with E-state index in [-0.39, 0.29) is 24.7 Å². The predicted octanol–water partition coefficient (Wildman–Crippen LogP) is -0.772. The Kier molecular flexibility index (Phi) is 5.33. The summed E-state index contributed by atoms with van der Waals surface area (Å²) in [7, 11) is -3.15. The number of rotatable bonds is 6. The van der Waals surface area contributed by atoms with Gasteiger partial charge in [0.2, 0.25) is 15.9 Å². The highest BCUT2D eigenvalue weighted by molar-refractivity contribution is 7.89. The van der Waals surface area contributed by atoms with E-state index in [1.54, 1.807) is 6.92 Å². The summed E-state index contributed by atoms with van der Waals surface area (Å²) in [6, 6.07) is 0. The van der Waals surface area contributed by atoms with E-state index >= 15 is 0 Å². The number of carbonyl (C=O) groups is 1. The van der Waals surface area contributed by atoms with Gasteiger partial charge in [0.25, 0.3) is 0 Å². The summed E-state index contributed by atoms with van der Waals surface area (Å²) >= 11 is 0. The van der Waals surface area contributed by atoms with Crippen molar-refractivity contribution in [2.24, 2.45) is 0 Å². The van der Waals surface area contributed by atoms with Gasteiger partial charge < -0.3 is 5.32 Å². The van der Waals surface area contributed by atoms with Gasteiger partial charge in [0, 0.05) is 13.1 Å². The number of carbonyl (C=O) groups excluding carboxylic acids is 1. The fourth-order valence-corrected chi connectivity index (χ4v) is 1.18. The van der Waals surface area contributed by atoms with Gasteiger partial charge in [-0.1, -0.05) is 6.58 Å². The standard InChI is InChI=1S/C7H14N2O3S/c1-3-7(10)8-5-6-9-13(11,12)4-2/h3,9H,1,4-6H2,2H3,(H,8,10). The molecular weight excluding hydrogens is 192 g/mol. The van der Waals surface area contributed by atoms with Crippen molar-refractivity contribution in [2.45, 2.75) is 6.92 Å². The molecule has 0 heterocycles. The van der Waals surface area contributed by atoms with E-state index in [2.05, 4.69) is 16.6 Å². The van der Waals surface area contributed by atoms with Crippen LogP contribution in [0.15, 0.2) is 12.7 Å². The third-order valence-corrected chi connectivity index (χ3v) is 2.72. The third-order valence-electron chi connectivity index (χ3n) is 1.31. The molecule has 5 nitrogen and oxygen atoms in total. The number of hydrogen-bond acceptors (Lipinski definition) is 3. The van der Waals surface area contributed by atoms with Gasteiger partial charge in [0.05, 0.1) is 5.75 Å². The molecule has 0 saturated carbocycles. The van der Waals surface area contributed by atoms with Crippen molar-refractivity contribution < 1.29 is 13.2 Å². The highest BCUT2D eigenvalue weighted by atomic mass is 32.2. The van der Waals surface area contributed by atoms with Crippen molar-refractivity contribution in [3.05, 3.63) is 12.7 Å². The van der Waals surface area contributed by atoms with E-state index in [0.717, 1.165) is 6.08 Å². The predicted molar refractivity (Wildman–Crippen MR) is 50.7 cm³/mol. The summed E-state index contributed by atoms with van der Waals surface area (Å²) in [5.41, 5.74) is 0. The van der Waals surface area contributed by atoms with Gasteiger partial charge in [-0.3, -0.25) is 4.79 Å². The van der Waals surface area contributed by atoms with Crippen molar-refractivity contribution >= 4 is 15.9 Å². The first kappa shape index (κ1) is 12.1. The second-order valence-electron chi connectivity index (χ2n) is 2.29. The lowest BCUT2D eigenvalue weighted by atomic mass is 10.5. The minimum Gasteiger partial charge on any atom is -0.351 e. The molecule has 0 fully saturated rings. The Morgan fingerprint density at radius 3 is 2.54 bits per heavy atom. The molecule has 6 heteroatoms. The van der Waals surface area contributed by atoms with Crippen molar-refractivity contribution in [3.8, 4) is 0 Å². The van der Waals surface area contributed by atoms with E-state index in [9.17, 15) is 13.2 Å². The molecule has 0 aliphatic heterocycles. The van der Waals surface area contributed by atoms with Crippen LogP contribution >= 0.6 is 0 Å². The SMILES string of the molecule is C=CC(=O)NCCNS(=O)(=O)CC. The van der Waals surface area contributed by atoms with Crippen LogP contribution in [0, 0.1) is 0 Å². The molecule has 2 N–H and O–H groups in total. The van der Waals surface area contributed by atoms with Crippen molar-refractivity contribution in [1.82, 2.24) is 10.0 Å². The Labute approximate surface area is 78.3 Å². The van der Waals surface area contributed by atoms with Crippen LogP contribution in [-0.2, 0) is 14.8 Å². The monoisotopic (exact) mass is 206 g/mol. The molecule has 0 aromatic rings. The second-order valence-corrected chi connectivity index (χ2v) is 4.39. The van der Waals surface area contributed by atoms with E-state index in [1.807, 2.05) is 0 Å². The Morgan fingerprint density at radius 2 is 2.08 bits per heavy atom. The number of sulfonamides is 1. The molecular formula is C7H14N2O3S. The van der Waals surface area contributed by atoms with E-state index in [1.165, 1.54) is 0 Å². The van der Waals surface area contributed by atoms with Crippen molar-refractivity contribution in [3.63, 3.8) is 0 Å². The van der Waals surface area contributed by atoms with Crippen LogP contribution in [0.1, 0.15) is 6.92 Å². The molecule has 0 saturated heterocycles. The first-order chi connectivity index (χ1) is 6.02. The highest BCUT2D eigenvalue weighted by Crippen LogP contribution is 1.79. The van der Waals surface area contributed by atoms with Gasteiger partial charge in [0.1, 0.15) is 0 Å². The fraction of sp³-hybridized carbons (Fsp3) is 0.571. The van der Waals surface area contributed by atoms with E-state index in [4.69, 9.17) is 0 Å². The second kappa shape index (κ2) is 5.71. The van der Waals surface area contributed by atoms with Crippen LogP contribution in [0.4, 0.5) is 0 Å². The Morgan fingerprint density at radius 1 is 1.46 bits per heavy atom. The first-order valence-electron chi connectivity index (χ1n) is 3.89. The molecule has 0 unspecified atom stereocenters. The van der Waals surface area contributed by atoms with Crippen LogP contribution in [0.3, 0.4) is 0 Å². The quantitative estimate of drug-likeness (QED) is 0.442. The van der Waals surface area contributed by atoms with E-state index < -0.39 is 10.0 Å². The third kappa shape index (κ3) is 6.30. The maximum absolute atomic E-state index is 10.9. The summed E-state index contributed by atoms with van der Waals surface area (Å²) in [4.78, 5) is 10.6. The lowest BCUT2D eigenvalue weighted by Gasteiger charge is -2.04. The summed E-state index contributed by atoms with van der Waals surface area (Å²) in [6.45, 7) is 5.27. The lowest BCUT2D eigenvalue weighted by Crippen LogP contribution is -2.34. The average Bonchev–Trinajstić information content (AvgIpc) is 2.12. The van der Waals surface area contributed by atoms with Crippen molar-refractivity contribution in [1.29, 1.82) is 0 Å². The van der Waals surface area contributed by atoms with Gasteiger partial charge in [0.15, 0.2) is 0 Å². The van der Waals surface area contributed by atoms with Gasteiger partial charge in [-0.25, -0.2) is 13.1 Å². The molecule has 0 spiro atoms. The van der Waals surface area contributed by atoms with E-state index in [0.29, 0.717) is 0 Å². The molecule has 1 amide bonds. The number of nitrogens with one attached hydrogen (secondary N) is 2. The average molecular weight is 206 g/mol. The minimum absolute atomic E-state index is 0.0441. The lowest BCUT2D eigenvalue weighted by molar-refractivity contribution is -0.116. The fourth-order valence-electron chi connectivity index (χ4n) is 0.566. The van der Waals surface area contributed by atoms with Crippen LogP contribution < -0.4 is 10.0 Å². The largest absolute Gasteiger partial charge is 0.351 e. The molecule has 0 atom stereocenters. The smallest absolute Gasteiger partial charge is 0.243 e. The minimum atomic E-state index is -3.15. The maximum atomic E-state index is 10.9. The van der Waals surface area contributed by atoms with Gasteiger partial charge in [-0.15, -0.1) is 0 Å². The number of amides is 1. The van der Waals surface area contributed by atoms with Crippen LogP contribution in [0.25, 0.3) is 0 Å². The van der Waals surface area contributed by atoms with Gasteiger partial charge in [-0.2, -0.15) is 0 Å². The number of hydrogen-bond donors (Lipinski definition) is 2. The van der Waals surface area contributed by atoms with Crippen LogP contribution in [0.2, 0.25) is 0 Å². The molecule has 0 aliphatic carbocycles. The first-order valence-corrected chi connectivity index (χ1v) is 5.54. The van der Waals surface area contributed by atoms with Gasteiger partial charge in [-0.05, 0) is 13.0 Å². The Balaban J connectivity index is 3.58. The summed E-state index contributed by atoms with van der Waals surface area (Å²) in [6.07, 6.45) is 1.13. The summed E-state index contributed by atoms with van der Waals surface area (Å²) < 4.78 is 24.1. The van der Waals surface area contributed by atoms with Crippen LogP contribution in [0.5, 0.6) is 0 Å². The topological polar surface area (TPSA) is 75.3 Å². The molecule has 0 aromatic heterocycles. The molecule has 0 aromatic carbocycles. The molecule has 0 radical (unpaired) electrons. The molecule has 13 heavy (non-hydrogen) atoms. The normalized spacial score (nSPS) is 10.8. The zero-order valence-corrected chi connectivity index (χ0v) is 8.36. The van der Waals surface area contributed by atoms with Crippen LogP contribution in [-0.4, -0.2) is 33.2 Å². The summed E-state index contributed by atoms with van der Waals surface area (Å²) in [5, 5.41) is 2.45. The molecule has 0 bridgehead atoms. The highest BCUT2D eigenvalue weighted by Gasteiger charge is 2.04. The molecule has 76 valence electrons. The molecule has 0 aliphatic rings. The molecule has 0 rings (SSSR count). The van der Waals surface area contributed by atoms with Gasteiger partial charge >= 0.3 is 0 Å².